The molecule has 2 unspecified atom stereocenters. The van der Waals surface area contributed by atoms with Crippen molar-refractivity contribution in [1.29, 1.82) is 10.5 Å². The van der Waals surface area contributed by atoms with Crippen molar-refractivity contribution >= 4 is 35.1 Å². The van der Waals surface area contributed by atoms with Crippen LogP contribution in [-0.4, -0.2) is 52.1 Å². The van der Waals surface area contributed by atoms with E-state index in [1.807, 2.05) is 52.0 Å². The van der Waals surface area contributed by atoms with Crippen molar-refractivity contribution in [3.8, 4) is 12.1 Å². The van der Waals surface area contributed by atoms with Gasteiger partial charge in [0.1, 0.15) is 24.8 Å². The first-order chi connectivity index (χ1) is 27.8. The third-order valence-electron chi connectivity index (χ3n) is 10.7. The standard InChI is InChI=1S/C24H29ClN2O3.C22H27ClN2O3.CH4/c1-15-19(12-7-13-29-3)22(20-11-6-8-17(14-26)23(20)25)21(16(2)27-15)24(28)30-18-9-4-5-10-18;1-13(2)11-17-14(3)25-15(4)20(22(26)28-10-9-27-5)21(17)16-7-6-8-19(23)18(16)12-24;/h6,8,11,18,22,27H,4-5,7,9-10,12-13H2,1-3H3;6-8,13,21,25H,9-11H2,1-5H3;1H4. The fourth-order valence-corrected chi connectivity index (χ4v) is 8.53. The van der Waals surface area contributed by atoms with Crippen molar-refractivity contribution in [2.75, 3.05) is 34.0 Å². The van der Waals surface area contributed by atoms with E-state index < -0.39 is 5.97 Å². The summed E-state index contributed by atoms with van der Waals surface area (Å²) in [5, 5.41) is 26.6. The minimum Gasteiger partial charge on any atom is -0.460 e. The Hall–Kier alpha value is -4.58. The molecule has 318 valence electrons. The molecule has 3 aliphatic rings. The lowest BCUT2D eigenvalue weighted by Gasteiger charge is -2.33. The van der Waals surface area contributed by atoms with Crippen LogP contribution in [0.2, 0.25) is 10.0 Å². The van der Waals surface area contributed by atoms with Crippen LogP contribution in [0.4, 0.5) is 0 Å². The summed E-state index contributed by atoms with van der Waals surface area (Å²) >= 11 is 12.9. The van der Waals surface area contributed by atoms with Gasteiger partial charge in [0.05, 0.1) is 38.9 Å². The molecular formula is C47H60Cl2N4O6. The molecule has 0 aromatic heterocycles. The number of halogens is 2. The van der Waals surface area contributed by atoms with Crippen molar-refractivity contribution < 1.29 is 28.5 Å². The Kier molecular flexibility index (Phi) is 19.2. The van der Waals surface area contributed by atoms with Crippen molar-refractivity contribution in [3.63, 3.8) is 0 Å². The number of ether oxygens (including phenoxy) is 4. The number of carbonyl (C=O) groups is 2. The Balaban J connectivity index is 0.000000311. The average Bonchev–Trinajstić information content (AvgIpc) is 3.69. The molecule has 0 spiro atoms. The van der Waals surface area contributed by atoms with Crippen LogP contribution in [0.1, 0.15) is 128 Å². The molecule has 12 heteroatoms. The minimum absolute atomic E-state index is 0. The maximum atomic E-state index is 13.3. The first kappa shape index (κ1) is 48.8. The van der Waals surface area contributed by atoms with Crippen LogP contribution in [0.25, 0.3) is 0 Å². The van der Waals surface area contributed by atoms with Gasteiger partial charge < -0.3 is 29.6 Å². The lowest BCUT2D eigenvalue weighted by molar-refractivity contribution is -0.144. The van der Waals surface area contributed by atoms with Crippen LogP contribution in [0.15, 0.2) is 81.5 Å². The Labute approximate surface area is 361 Å². The highest BCUT2D eigenvalue weighted by Crippen LogP contribution is 2.45. The summed E-state index contributed by atoms with van der Waals surface area (Å²) < 4.78 is 21.5. The van der Waals surface area contributed by atoms with Gasteiger partial charge in [0.25, 0.3) is 0 Å². The summed E-state index contributed by atoms with van der Waals surface area (Å²) in [6.07, 6.45) is 6.34. The lowest BCUT2D eigenvalue weighted by atomic mass is 9.76. The number of allylic oxidation sites excluding steroid dienone is 6. The molecular weight excluding hydrogens is 787 g/mol. The van der Waals surface area contributed by atoms with Gasteiger partial charge in [-0.25, -0.2) is 9.59 Å². The molecule has 59 heavy (non-hydrogen) atoms. The van der Waals surface area contributed by atoms with E-state index in [0.717, 1.165) is 90.0 Å². The molecule has 5 rings (SSSR count). The summed E-state index contributed by atoms with van der Waals surface area (Å²) in [5.74, 6) is -1.07. The SMILES string of the molecule is C.COCCCC1=C(C)NC(C)=C(C(=O)OC2CCCC2)C1c1cccc(C#N)c1Cl.COCCOC(=O)C1=C(C)NC(C)=C(CC(C)C)C1c1cccc(Cl)c1C#N. The highest BCUT2D eigenvalue weighted by atomic mass is 35.5. The van der Waals surface area contributed by atoms with Crippen molar-refractivity contribution in [2.24, 2.45) is 5.92 Å². The van der Waals surface area contributed by atoms with Crippen molar-refractivity contribution in [1.82, 2.24) is 10.6 Å². The number of carbonyl (C=O) groups excluding carboxylic acids is 2. The molecule has 2 aliphatic heterocycles. The van der Waals surface area contributed by atoms with Gasteiger partial charge in [-0.3, -0.25) is 0 Å². The zero-order valence-electron chi connectivity index (χ0n) is 34.9. The molecule has 2 heterocycles. The van der Waals surface area contributed by atoms with E-state index >= 15 is 0 Å². The fraction of sp³-hybridized carbons (Fsp3) is 0.489. The first-order valence-corrected chi connectivity index (χ1v) is 20.6. The molecule has 0 bridgehead atoms. The Morgan fingerprint density at radius 1 is 0.780 bits per heavy atom. The van der Waals surface area contributed by atoms with Gasteiger partial charge in [0.15, 0.2) is 0 Å². The molecule has 0 radical (unpaired) electrons. The zero-order chi connectivity index (χ0) is 42.5. The van der Waals surface area contributed by atoms with Gasteiger partial charge >= 0.3 is 11.9 Å². The maximum Gasteiger partial charge on any atom is 0.337 e. The van der Waals surface area contributed by atoms with Gasteiger partial charge in [-0.15, -0.1) is 0 Å². The number of nitrogens with zero attached hydrogens (tertiary/aromatic N) is 2. The number of rotatable bonds is 14. The molecule has 10 nitrogen and oxygen atoms in total. The normalized spacial score (nSPS) is 18.0. The van der Waals surface area contributed by atoms with E-state index in [4.69, 9.17) is 42.1 Å². The van der Waals surface area contributed by atoms with E-state index in [2.05, 4.69) is 36.6 Å². The van der Waals surface area contributed by atoms with Crippen molar-refractivity contribution in [3.05, 3.63) is 114 Å². The number of hydrogen-bond donors (Lipinski definition) is 2. The topological polar surface area (TPSA) is 143 Å². The number of dihydropyridines is 2. The van der Waals surface area contributed by atoms with Gasteiger partial charge in [-0.2, -0.15) is 10.5 Å². The Bertz CT molecular complexity index is 2050. The van der Waals surface area contributed by atoms with Gasteiger partial charge in [0.2, 0.25) is 0 Å². The van der Waals surface area contributed by atoms with Crippen LogP contribution >= 0.6 is 23.2 Å². The molecule has 2 N–H and O–H groups in total. The highest BCUT2D eigenvalue weighted by molar-refractivity contribution is 6.32. The molecule has 0 amide bonds. The van der Waals surface area contributed by atoms with E-state index in [9.17, 15) is 20.1 Å². The third-order valence-corrected chi connectivity index (χ3v) is 11.4. The molecule has 1 aliphatic carbocycles. The Morgan fingerprint density at radius 3 is 1.95 bits per heavy atom. The minimum atomic E-state index is -0.412. The van der Waals surface area contributed by atoms with Crippen molar-refractivity contribution in [2.45, 2.75) is 112 Å². The predicted molar refractivity (Wildman–Crippen MR) is 233 cm³/mol. The Morgan fingerprint density at radius 2 is 1.36 bits per heavy atom. The number of methoxy groups -OCH3 is 2. The van der Waals surface area contributed by atoms with Gasteiger partial charge in [0, 0.05) is 55.5 Å². The van der Waals surface area contributed by atoms with Crippen LogP contribution in [0, 0.1) is 28.6 Å². The molecule has 1 fully saturated rings. The fourth-order valence-electron chi connectivity index (χ4n) is 8.03. The molecule has 2 aromatic rings. The molecule has 0 saturated heterocycles. The second-order valence-electron chi connectivity index (χ2n) is 15.3. The summed E-state index contributed by atoms with van der Waals surface area (Å²) in [5.41, 5.74) is 9.02. The van der Waals surface area contributed by atoms with Crippen LogP contribution in [-0.2, 0) is 28.5 Å². The maximum absolute atomic E-state index is 13.3. The molecule has 2 atom stereocenters. The van der Waals surface area contributed by atoms with E-state index in [1.54, 1.807) is 26.4 Å². The largest absolute Gasteiger partial charge is 0.460 e. The highest BCUT2D eigenvalue weighted by Gasteiger charge is 2.38. The quantitative estimate of drug-likeness (QED) is 0.139. The average molecular weight is 848 g/mol. The van der Waals surface area contributed by atoms with Crippen LogP contribution in [0.3, 0.4) is 0 Å². The summed E-state index contributed by atoms with van der Waals surface area (Å²) in [7, 11) is 3.24. The molecule has 2 aromatic carbocycles. The summed E-state index contributed by atoms with van der Waals surface area (Å²) in [6.45, 7) is 13.1. The summed E-state index contributed by atoms with van der Waals surface area (Å²) in [6, 6.07) is 15.1. The van der Waals surface area contributed by atoms with Crippen LogP contribution < -0.4 is 10.6 Å². The van der Waals surface area contributed by atoms with E-state index in [0.29, 0.717) is 51.5 Å². The van der Waals surface area contributed by atoms with E-state index in [1.165, 1.54) is 0 Å². The number of benzene rings is 2. The predicted octanol–water partition coefficient (Wildman–Crippen LogP) is 10.7. The second-order valence-corrected chi connectivity index (χ2v) is 16.1. The van der Waals surface area contributed by atoms with E-state index in [-0.39, 0.29) is 37.9 Å². The molecule has 1 saturated carbocycles. The monoisotopic (exact) mass is 846 g/mol. The number of esters is 2. The zero-order valence-corrected chi connectivity index (χ0v) is 36.5. The number of nitrogens with one attached hydrogen (secondary N) is 2. The smallest absolute Gasteiger partial charge is 0.337 e. The lowest BCUT2D eigenvalue weighted by Crippen LogP contribution is -2.30. The number of hydrogen-bond acceptors (Lipinski definition) is 10. The van der Waals surface area contributed by atoms with Gasteiger partial charge in [-0.1, -0.05) is 68.7 Å². The number of nitriles is 2. The van der Waals surface area contributed by atoms with Gasteiger partial charge in [-0.05, 0) is 113 Å². The second kappa shape index (κ2) is 23.3. The third kappa shape index (κ3) is 12.0. The summed E-state index contributed by atoms with van der Waals surface area (Å²) in [4.78, 5) is 26.3. The first-order valence-electron chi connectivity index (χ1n) is 19.9. The van der Waals surface area contributed by atoms with Crippen LogP contribution in [0.5, 0.6) is 0 Å².